The maximum Gasteiger partial charge on any atom is 0.488 e. The topological polar surface area (TPSA) is 40.5 Å². The lowest BCUT2D eigenvalue weighted by Crippen LogP contribution is -2.31. The second kappa shape index (κ2) is 4.11. The zero-order chi connectivity index (χ0) is 10.9. The highest BCUT2D eigenvalue weighted by atomic mass is 19.1. The molecule has 0 amide bonds. The molecule has 0 aromatic heterocycles. The van der Waals surface area contributed by atoms with E-state index in [0.29, 0.717) is 16.6 Å². The molecule has 76 valence electrons. The van der Waals surface area contributed by atoms with Crippen LogP contribution >= 0.6 is 0 Å². The maximum absolute atomic E-state index is 13.5. The number of benzene rings is 1. The molecule has 0 spiro atoms. The average molecular weight is 196 g/mol. The van der Waals surface area contributed by atoms with E-state index in [2.05, 4.69) is 0 Å². The van der Waals surface area contributed by atoms with Gasteiger partial charge in [-0.25, -0.2) is 4.39 Å². The summed E-state index contributed by atoms with van der Waals surface area (Å²) >= 11 is 0. The van der Waals surface area contributed by atoms with Crippen molar-refractivity contribution in [3.8, 4) is 0 Å². The summed E-state index contributed by atoms with van der Waals surface area (Å²) in [6, 6.07) is 2.95. The minimum atomic E-state index is -1.54. The summed E-state index contributed by atoms with van der Waals surface area (Å²) in [5.41, 5.74) is 1.31. The van der Waals surface area contributed by atoms with Crippen LogP contribution in [0.4, 0.5) is 4.39 Å². The molecule has 4 heteroatoms. The van der Waals surface area contributed by atoms with E-state index in [1.807, 2.05) is 13.8 Å². The van der Waals surface area contributed by atoms with Crippen LogP contribution in [0.1, 0.15) is 30.9 Å². The van der Waals surface area contributed by atoms with Crippen LogP contribution in [0.2, 0.25) is 0 Å². The highest BCUT2D eigenvalue weighted by molar-refractivity contribution is 6.58. The molecule has 0 bridgehead atoms. The van der Waals surface area contributed by atoms with Gasteiger partial charge in [0.25, 0.3) is 0 Å². The van der Waals surface area contributed by atoms with Gasteiger partial charge in [0, 0.05) is 0 Å². The van der Waals surface area contributed by atoms with Crippen LogP contribution in [-0.2, 0) is 0 Å². The Morgan fingerprint density at radius 1 is 1.29 bits per heavy atom. The second-order valence-corrected chi connectivity index (χ2v) is 3.77. The summed E-state index contributed by atoms with van der Waals surface area (Å²) in [7, 11) is -1.54. The fourth-order valence-electron chi connectivity index (χ4n) is 1.39. The molecule has 14 heavy (non-hydrogen) atoms. The molecule has 0 radical (unpaired) electrons. The first-order chi connectivity index (χ1) is 6.43. The second-order valence-electron chi connectivity index (χ2n) is 3.77. The first kappa shape index (κ1) is 11.2. The van der Waals surface area contributed by atoms with Gasteiger partial charge in [-0.05, 0) is 29.4 Å². The van der Waals surface area contributed by atoms with E-state index >= 15 is 0 Å². The molecular weight excluding hydrogens is 182 g/mol. The van der Waals surface area contributed by atoms with E-state index in [4.69, 9.17) is 10.0 Å². The van der Waals surface area contributed by atoms with Gasteiger partial charge in [0.1, 0.15) is 5.82 Å². The van der Waals surface area contributed by atoms with Gasteiger partial charge < -0.3 is 10.0 Å². The summed E-state index contributed by atoms with van der Waals surface area (Å²) in [5, 5.41) is 18.0. The van der Waals surface area contributed by atoms with Gasteiger partial charge in [-0.15, -0.1) is 0 Å². The smallest absolute Gasteiger partial charge is 0.423 e. The van der Waals surface area contributed by atoms with Crippen molar-refractivity contribution in [3.63, 3.8) is 0 Å². The van der Waals surface area contributed by atoms with Gasteiger partial charge >= 0.3 is 7.12 Å². The van der Waals surface area contributed by atoms with Crippen molar-refractivity contribution in [1.82, 2.24) is 0 Å². The zero-order valence-electron chi connectivity index (χ0n) is 8.58. The molecule has 0 atom stereocenters. The molecule has 1 aromatic rings. The molecule has 1 rings (SSSR count). The van der Waals surface area contributed by atoms with E-state index in [9.17, 15) is 4.39 Å². The van der Waals surface area contributed by atoms with E-state index in [-0.39, 0.29) is 11.7 Å². The Morgan fingerprint density at radius 2 is 1.86 bits per heavy atom. The molecular formula is C10H14BFO2. The molecule has 0 aliphatic heterocycles. The minimum absolute atomic E-state index is 0.0346. The molecule has 1 aromatic carbocycles. The third-order valence-corrected chi connectivity index (χ3v) is 2.23. The quantitative estimate of drug-likeness (QED) is 0.691. The number of rotatable bonds is 2. The lowest BCUT2D eigenvalue weighted by atomic mass is 9.77. The highest BCUT2D eigenvalue weighted by Crippen LogP contribution is 2.19. The van der Waals surface area contributed by atoms with Crippen molar-refractivity contribution < 1.29 is 14.4 Å². The van der Waals surface area contributed by atoms with Gasteiger partial charge in [0.2, 0.25) is 0 Å². The fraction of sp³-hybridized carbons (Fsp3) is 0.400. The Balaban J connectivity index is 3.28. The normalized spacial score (nSPS) is 10.8. The third-order valence-electron chi connectivity index (χ3n) is 2.23. The van der Waals surface area contributed by atoms with Crippen LogP contribution in [0.3, 0.4) is 0 Å². The molecule has 0 aliphatic rings. The summed E-state index contributed by atoms with van der Waals surface area (Å²) in [6.45, 7) is 5.35. The van der Waals surface area contributed by atoms with Crippen molar-refractivity contribution in [2.24, 2.45) is 0 Å². The van der Waals surface area contributed by atoms with Gasteiger partial charge in [-0.3, -0.25) is 0 Å². The predicted molar refractivity (Wildman–Crippen MR) is 55.1 cm³/mol. The van der Waals surface area contributed by atoms with Crippen molar-refractivity contribution in [1.29, 1.82) is 0 Å². The SMILES string of the molecule is Cc1cc(B(O)O)cc(C(C)C)c1F. The molecule has 0 unspecified atom stereocenters. The van der Waals surface area contributed by atoms with Crippen LogP contribution < -0.4 is 5.46 Å². The lowest BCUT2D eigenvalue weighted by molar-refractivity contribution is 0.425. The largest absolute Gasteiger partial charge is 0.488 e. The molecule has 0 saturated heterocycles. The monoisotopic (exact) mass is 196 g/mol. The number of aryl methyl sites for hydroxylation is 1. The van der Waals surface area contributed by atoms with Crippen molar-refractivity contribution in [2.45, 2.75) is 26.7 Å². The van der Waals surface area contributed by atoms with Crippen LogP contribution in [0.25, 0.3) is 0 Å². The summed E-state index contributed by atoms with van der Waals surface area (Å²) in [4.78, 5) is 0. The summed E-state index contributed by atoms with van der Waals surface area (Å²) in [6.07, 6.45) is 0. The van der Waals surface area contributed by atoms with Crippen LogP contribution in [0.5, 0.6) is 0 Å². The predicted octanol–water partition coefficient (Wildman–Crippen LogP) is 0.937. The third kappa shape index (κ3) is 2.14. The van der Waals surface area contributed by atoms with E-state index in [0.717, 1.165) is 0 Å². The first-order valence-corrected chi connectivity index (χ1v) is 4.59. The lowest BCUT2D eigenvalue weighted by Gasteiger charge is -2.11. The molecule has 0 aliphatic carbocycles. The Morgan fingerprint density at radius 3 is 2.29 bits per heavy atom. The van der Waals surface area contributed by atoms with Crippen molar-refractivity contribution >= 4 is 12.6 Å². The Kier molecular flexibility index (Phi) is 3.29. The van der Waals surface area contributed by atoms with Crippen LogP contribution in [0.15, 0.2) is 12.1 Å². The Hall–Kier alpha value is -0.865. The van der Waals surface area contributed by atoms with E-state index < -0.39 is 7.12 Å². The van der Waals surface area contributed by atoms with Crippen molar-refractivity contribution in [3.05, 3.63) is 29.1 Å². The molecule has 0 fully saturated rings. The van der Waals surface area contributed by atoms with E-state index in [1.54, 1.807) is 6.92 Å². The highest BCUT2D eigenvalue weighted by Gasteiger charge is 2.17. The Bertz CT molecular complexity index is 337. The van der Waals surface area contributed by atoms with Gasteiger partial charge in [-0.2, -0.15) is 0 Å². The summed E-state index contributed by atoms with van der Waals surface area (Å²) < 4.78 is 13.5. The molecule has 2 nitrogen and oxygen atoms in total. The number of hydrogen-bond donors (Lipinski definition) is 2. The number of hydrogen-bond acceptors (Lipinski definition) is 2. The van der Waals surface area contributed by atoms with E-state index in [1.165, 1.54) is 12.1 Å². The zero-order valence-corrected chi connectivity index (χ0v) is 8.58. The number of halogens is 1. The minimum Gasteiger partial charge on any atom is -0.423 e. The van der Waals surface area contributed by atoms with Gasteiger partial charge in [0.05, 0.1) is 0 Å². The molecule has 0 heterocycles. The fourth-order valence-corrected chi connectivity index (χ4v) is 1.39. The Labute approximate surface area is 83.5 Å². The first-order valence-electron chi connectivity index (χ1n) is 4.59. The molecule has 0 saturated carbocycles. The van der Waals surface area contributed by atoms with Crippen LogP contribution in [0, 0.1) is 12.7 Å². The standard InChI is InChI=1S/C10H14BFO2/c1-6(2)9-5-8(11(13)14)4-7(3)10(9)12/h4-6,13-14H,1-3H3. The van der Waals surface area contributed by atoms with Crippen molar-refractivity contribution in [2.75, 3.05) is 0 Å². The van der Waals surface area contributed by atoms with Gasteiger partial charge in [-0.1, -0.05) is 26.0 Å². The van der Waals surface area contributed by atoms with Crippen LogP contribution in [-0.4, -0.2) is 17.2 Å². The molecule has 2 N–H and O–H groups in total. The van der Waals surface area contributed by atoms with Gasteiger partial charge in [0.15, 0.2) is 0 Å². The summed E-state index contributed by atoms with van der Waals surface area (Å²) in [5.74, 6) is -0.225. The average Bonchev–Trinajstić information content (AvgIpc) is 2.08. The maximum atomic E-state index is 13.5.